The molecule has 1 aliphatic rings. The zero-order valence-corrected chi connectivity index (χ0v) is 15.0. The predicted octanol–water partition coefficient (Wildman–Crippen LogP) is 4.64. The normalized spacial score (nSPS) is 15.6. The molecule has 2 aromatic carbocycles. The van der Waals surface area contributed by atoms with Gasteiger partial charge in [0.1, 0.15) is 0 Å². The number of carbonyl (C=O) groups is 1. The van der Waals surface area contributed by atoms with Crippen molar-refractivity contribution in [2.24, 2.45) is 0 Å². The van der Waals surface area contributed by atoms with Crippen molar-refractivity contribution >= 4 is 27.5 Å². The smallest absolute Gasteiger partial charge is 0.222 e. The van der Waals surface area contributed by atoms with Crippen molar-refractivity contribution in [2.75, 3.05) is 13.1 Å². The van der Waals surface area contributed by atoms with Crippen LogP contribution in [-0.2, 0) is 11.2 Å². The second-order valence-electron chi connectivity index (χ2n) is 6.66. The monoisotopic (exact) mass is 350 g/mol. The van der Waals surface area contributed by atoms with Crippen LogP contribution in [0.4, 0.5) is 0 Å². The molecule has 0 N–H and O–H groups in total. The Labute approximate surface area is 152 Å². The van der Waals surface area contributed by atoms with Crippen LogP contribution >= 0.6 is 11.3 Å². The minimum Gasteiger partial charge on any atom is -0.343 e. The molecule has 1 fully saturated rings. The summed E-state index contributed by atoms with van der Waals surface area (Å²) in [6.07, 6.45) is 3.49. The quantitative estimate of drug-likeness (QED) is 0.687. The second-order valence-corrected chi connectivity index (χ2v) is 7.72. The van der Waals surface area contributed by atoms with E-state index in [4.69, 9.17) is 4.98 Å². The van der Waals surface area contributed by atoms with Crippen molar-refractivity contribution in [1.29, 1.82) is 0 Å². The van der Waals surface area contributed by atoms with Crippen molar-refractivity contribution in [2.45, 2.75) is 31.6 Å². The summed E-state index contributed by atoms with van der Waals surface area (Å²) < 4.78 is 1.26. The Balaban J connectivity index is 1.32. The number of carbonyl (C=O) groups excluding carboxylic acids is 1. The molecule has 4 rings (SSSR count). The van der Waals surface area contributed by atoms with Gasteiger partial charge in [-0.1, -0.05) is 42.5 Å². The second kappa shape index (κ2) is 7.36. The van der Waals surface area contributed by atoms with Gasteiger partial charge in [-0.25, -0.2) is 4.98 Å². The van der Waals surface area contributed by atoms with Gasteiger partial charge in [0.25, 0.3) is 0 Å². The van der Waals surface area contributed by atoms with Crippen molar-refractivity contribution in [3.05, 3.63) is 65.2 Å². The number of nitrogens with zero attached hydrogens (tertiary/aromatic N) is 2. The molecule has 1 aromatic heterocycles. The van der Waals surface area contributed by atoms with Gasteiger partial charge < -0.3 is 4.90 Å². The lowest BCUT2D eigenvalue weighted by atomic mass is 9.97. The number of benzene rings is 2. The molecule has 1 aliphatic heterocycles. The number of aromatic nitrogens is 1. The Bertz CT molecular complexity index is 817. The van der Waals surface area contributed by atoms with Crippen molar-refractivity contribution in [3.8, 4) is 0 Å². The number of fused-ring (bicyclic) bond motifs is 1. The highest BCUT2D eigenvalue weighted by atomic mass is 32.1. The molecule has 4 heteroatoms. The number of hydrogen-bond acceptors (Lipinski definition) is 3. The van der Waals surface area contributed by atoms with Gasteiger partial charge in [0.2, 0.25) is 5.91 Å². The first-order chi connectivity index (χ1) is 12.3. The standard InChI is InChI=1S/C21H22N2OS/c24-20(11-10-16-6-2-1-3-7-16)23-14-12-17(13-15-23)21-22-18-8-4-5-9-19(18)25-21/h1-9,17H,10-15H2. The molecule has 25 heavy (non-hydrogen) atoms. The Kier molecular flexibility index (Phi) is 4.79. The fourth-order valence-corrected chi connectivity index (χ4v) is 4.63. The zero-order valence-electron chi connectivity index (χ0n) is 14.2. The number of hydrogen-bond donors (Lipinski definition) is 0. The molecule has 1 saturated heterocycles. The van der Waals surface area contributed by atoms with Crippen LogP contribution in [0.1, 0.15) is 35.8 Å². The van der Waals surface area contributed by atoms with Gasteiger partial charge in [-0.05, 0) is 37.0 Å². The summed E-state index contributed by atoms with van der Waals surface area (Å²) in [5.41, 5.74) is 2.34. The Morgan fingerprint density at radius 2 is 1.76 bits per heavy atom. The summed E-state index contributed by atoms with van der Waals surface area (Å²) in [4.78, 5) is 19.3. The van der Waals surface area contributed by atoms with Crippen LogP contribution < -0.4 is 0 Å². The third-order valence-corrected chi connectivity index (χ3v) is 6.18. The molecule has 0 bridgehead atoms. The van der Waals surface area contributed by atoms with E-state index >= 15 is 0 Å². The van der Waals surface area contributed by atoms with Crippen molar-refractivity contribution in [1.82, 2.24) is 9.88 Å². The third-order valence-electron chi connectivity index (χ3n) is 4.98. The predicted molar refractivity (Wildman–Crippen MR) is 103 cm³/mol. The lowest BCUT2D eigenvalue weighted by Gasteiger charge is -2.31. The van der Waals surface area contributed by atoms with Gasteiger partial charge in [-0.3, -0.25) is 4.79 Å². The average Bonchev–Trinajstić information content (AvgIpc) is 3.11. The first-order valence-electron chi connectivity index (χ1n) is 8.97. The van der Waals surface area contributed by atoms with Gasteiger partial charge in [-0.2, -0.15) is 0 Å². The van der Waals surface area contributed by atoms with E-state index in [0.29, 0.717) is 12.3 Å². The van der Waals surface area contributed by atoms with Crippen LogP contribution in [0.15, 0.2) is 54.6 Å². The highest BCUT2D eigenvalue weighted by Crippen LogP contribution is 2.33. The van der Waals surface area contributed by atoms with E-state index in [1.165, 1.54) is 15.3 Å². The van der Waals surface area contributed by atoms with E-state index in [-0.39, 0.29) is 5.91 Å². The third kappa shape index (κ3) is 3.74. The molecule has 0 aliphatic carbocycles. The van der Waals surface area contributed by atoms with Crippen LogP contribution in [0, 0.1) is 0 Å². The SMILES string of the molecule is O=C(CCc1ccccc1)N1CCC(c2nc3ccccc3s2)CC1. The fourth-order valence-electron chi connectivity index (χ4n) is 3.49. The van der Waals surface area contributed by atoms with Gasteiger partial charge in [-0.15, -0.1) is 11.3 Å². The maximum absolute atomic E-state index is 12.5. The summed E-state index contributed by atoms with van der Waals surface area (Å²) in [5, 5.41) is 1.23. The van der Waals surface area contributed by atoms with Gasteiger partial charge >= 0.3 is 0 Å². The summed E-state index contributed by atoms with van der Waals surface area (Å²) in [6, 6.07) is 18.6. The summed E-state index contributed by atoms with van der Waals surface area (Å²) in [6.45, 7) is 1.71. The number of amides is 1. The van der Waals surface area contributed by atoms with Crippen LogP contribution in [0.25, 0.3) is 10.2 Å². The molecule has 1 amide bonds. The number of piperidine rings is 1. The number of likely N-dealkylation sites (tertiary alicyclic amines) is 1. The molecule has 2 heterocycles. The Morgan fingerprint density at radius 3 is 2.52 bits per heavy atom. The first-order valence-corrected chi connectivity index (χ1v) is 9.78. The van der Waals surface area contributed by atoms with Crippen molar-refractivity contribution < 1.29 is 4.79 Å². The molecule has 0 atom stereocenters. The highest BCUT2D eigenvalue weighted by Gasteiger charge is 2.25. The lowest BCUT2D eigenvalue weighted by molar-refractivity contribution is -0.132. The number of rotatable bonds is 4. The van der Waals surface area contributed by atoms with E-state index in [1.54, 1.807) is 11.3 Å². The van der Waals surface area contributed by atoms with Crippen LogP contribution in [0.5, 0.6) is 0 Å². The molecule has 128 valence electrons. The molecular formula is C21H22N2OS. The van der Waals surface area contributed by atoms with E-state index in [0.717, 1.165) is 37.9 Å². The molecule has 3 nitrogen and oxygen atoms in total. The molecule has 0 spiro atoms. The van der Waals surface area contributed by atoms with Crippen LogP contribution in [-0.4, -0.2) is 28.9 Å². The molecule has 3 aromatic rings. The van der Waals surface area contributed by atoms with E-state index in [2.05, 4.69) is 30.3 Å². The fraction of sp³-hybridized carbons (Fsp3) is 0.333. The van der Waals surface area contributed by atoms with E-state index < -0.39 is 0 Å². The number of para-hydroxylation sites is 1. The minimum absolute atomic E-state index is 0.284. The van der Waals surface area contributed by atoms with Crippen LogP contribution in [0.2, 0.25) is 0 Å². The zero-order chi connectivity index (χ0) is 17.1. The van der Waals surface area contributed by atoms with E-state index in [1.807, 2.05) is 29.2 Å². The maximum atomic E-state index is 12.5. The average molecular weight is 350 g/mol. The minimum atomic E-state index is 0.284. The summed E-state index contributed by atoms with van der Waals surface area (Å²) >= 11 is 1.81. The van der Waals surface area contributed by atoms with E-state index in [9.17, 15) is 4.79 Å². The van der Waals surface area contributed by atoms with Gasteiger partial charge in [0, 0.05) is 25.4 Å². The first kappa shape index (κ1) is 16.3. The van der Waals surface area contributed by atoms with Crippen molar-refractivity contribution in [3.63, 3.8) is 0 Å². The number of thiazole rings is 1. The number of aryl methyl sites for hydroxylation is 1. The molecular weight excluding hydrogens is 328 g/mol. The summed E-state index contributed by atoms with van der Waals surface area (Å²) in [7, 11) is 0. The topological polar surface area (TPSA) is 33.2 Å². The van der Waals surface area contributed by atoms with Crippen LogP contribution in [0.3, 0.4) is 0 Å². The Morgan fingerprint density at radius 1 is 1.04 bits per heavy atom. The molecule has 0 radical (unpaired) electrons. The molecule has 0 unspecified atom stereocenters. The highest BCUT2D eigenvalue weighted by molar-refractivity contribution is 7.18. The lowest BCUT2D eigenvalue weighted by Crippen LogP contribution is -2.38. The summed E-state index contributed by atoms with van der Waals surface area (Å²) in [5.74, 6) is 0.780. The Hall–Kier alpha value is -2.20. The maximum Gasteiger partial charge on any atom is 0.222 e. The largest absolute Gasteiger partial charge is 0.343 e. The molecule has 0 saturated carbocycles. The van der Waals surface area contributed by atoms with Gasteiger partial charge in [0.15, 0.2) is 0 Å². The van der Waals surface area contributed by atoms with Gasteiger partial charge in [0.05, 0.1) is 15.2 Å².